The molecule has 11 heavy (non-hydrogen) atoms. The molecule has 1 aromatic rings. The van der Waals surface area contributed by atoms with E-state index in [4.69, 9.17) is 0 Å². The third kappa shape index (κ3) is 1.03. The van der Waals surface area contributed by atoms with Crippen molar-refractivity contribution in [2.75, 3.05) is 0 Å². The minimum atomic E-state index is -0.703. The van der Waals surface area contributed by atoms with Gasteiger partial charge in [-0.25, -0.2) is 5.11 Å². The molecule has 0 N–H and O–H groups in total. The van der Waals surface area contributed by atoms with Gasteiger partial charge in [-0.2, -0.15) is 0 Å². The Labute approximate surface area is 73.5 Å². The highest BCUT2D eigenvalue weighted by Gasteiger charge is 2.21. The summed E-state index contributed by atoms with van der Waals surface area (Å²) < 4.78 is 0.735. The van der Waals surface area contributed by atoms with Crippen LogP contribution < -0.4 is 0 Å². The molecule has 1 aliphatic carbocycles. The Morgan fingerprint density at radius 1 is 1.27 bits per heavy atom. The second-order valence-corrected chi connectivity index (χ2v) is 3.45. The van der Waals surface area contributed by atoms with E-state index < -0.39 is 6.10 Å². The molecule has 55 valence electrons. The van der Waals surface area contributed by atoms with Gasteiger partial charge >= 0.3 is 0 Å². The monoisotopic (exact) mass is 209 g/mol. The molecule has 1 unspecified atom stereocenters. The minimum absolute atomic E-state index is 0.703. The SMILES string of the molecule is [O]C1C(Br)=Cc2ccccc21. The van der Waals surface area contributed by atoms with Gasteiger partial charge in [0.05, 0.1) is 0 Å². The van der Waals surface area contributed by atoms with Crippen LogP contribution in [0.1, 0.15) is 17.2 Å². The van der Waals surface area contributed by atoms with E-state index in [2.05, 4.69) is 15.9 Å². The summed E-state index contributed by atoms with van der Waals surface area (Å²) >= 11 is 3.23. The summed E-state index contributed by atoms with van der Waals surface area (Å²) in [6.07, 6.45) is 1.18. The third-order valence-corrected chi connectivity index (χ3v) is 2.47. The van der Waals surface area contributed by atoms with Crippen LogP contribution in [0.4, 0.5) is 0 Å². The van der Waals surface area contributed by atoms with Crippen LogP contribution in [0.2, 0.25) is 0 Å². The normalized spacial score (nSPS) is 21.3. The number of hydrogen-bond acceptors (Lipinski definition) is 0. The summed E-state index contributed by atoms with van der Waals surface area (Å²) in [5.41, 5.74) is 1.92. The standard InChI is InChI=1S/C9H6BrO/c10-8-5-6-3-1-2-4-7(6)9(8)11/h1-5,9H. The summed E-state index contributed by atoms with van der Waals surface area (Å²) in [5, 5.41) is 11.4. The molecular formula is C9H6BrO. The van der Waals surface area contributed by atoms with Crippen LogP contribution in [0, 0.1) is 0 Å². The van der Waals surface area contributed by atoms with Crippen molar-refractivity contribution in [1.82, 2.24) is 0 Å². The van der Waals surface area contributed by atoms with E-state index in [1.54, 1.807) is 0 Å². The van der Waals surface area contributed by atoms with Crippen LogP contribution in [0.3, 0.4) is 0 Å². The summed E-state index contributed by atoms with van der Waals surface area (Å²) in [6.45, 7) is 0. The minimum Gasteiger partial charge on any atom is -0.222 e. The van der Waals surface area contributed by atoms with E-state index in [0.717, 1.165) is 15.6 Å². The Balaban J connectivity index is 2.58. The fraction of sp³-hybridized carbons (Fsp3) is 0.111. The lowest BCUT2D eigenvalue weighted by molar-refractivity contribution is 0.132. The van der Waals surface area contributed by atoms with Gasteiger partial charge in [0.15, 0.2) is 6.10 Å². The van der Waals surface area contributed by atoms with Crippen molar-refractivity contribution in [3.05, 3.63) is 39.9 Å². The lowest BCUT2D eigenvalue weighted by Gasteiger charge is -2.00. The lowest BCUT2D eigenvalue weighted by Crippen LogP contribution is -1.89. The molecular weight excluding hydrogens is 204 g/mol. The summed E-state index contributed by atoms with van der Waals surface area (Å²) in [4.78, 5) is 0. The van der Waals surface area contributed by atoms with Gasteiger partial charge in [0, 0.05) is 4.48 Å². The zero-order chi connectivity index (χ0) is 7.84. The second-order valence-electron chi connectivity index (χ2n) is 2.54. The van der Waals surface area contributed by atoms with Crippen LogP contribution in [-0.2, 0) is 5.11 Å². The largest absolute Gasteiger partial charge is 0.222 e. The maximum Gasteiger partial charge on any atom is 0.150 e. The first-order valence-corrected chi connectivity index (χ1v) is 4.20. The molecule has 1 nitrogen and oxygen atoms in total. The molecule has 0 spiro atoms. The van der Waals surface area contributed by atoms with Crippen LogP contribution in [0.15, 0.2) is 28.7 Å². The Morgan fingerprint density at radius 3 is 2.73 bits per heavy atom. The molecule has 2 heteroatoms. The maximum atomic E-state index is 11.4. The van der Waals surface area contributed by atoms with Gasteiger partial charge in [0.1, 0.15) is 0 Å². The van der Waals surface area contributed by atoms with Crippen molar-refractivity contribution in [1.29, 1.82) is 0 Å². The lowest BCUT2D eigenvalue weighted by atomic mass is 10.1. The first kappa shape index (κ1) is 7.07. The molecule has 1 aliphatic rings. The average Bonchev–Trinajstić information content (AvgIpc) is 2.30. The van der Waals surface area contributed by atoms with Gasteiger partial charge in [-0.3, -0.25) is 0 Å². The summed E-state index contributed by atoms with van der Waals surface area (Å²) in [5.74, 6) is 0. The van der Waals surface area contributed by atoms with Crippen molar-refractivity contribution >= 4 is 22.0 Å². The molecule has 0 heterocycles. The summed E-state index contributed by atoms with van der Waals surface area (Å²) in [7, 11) is 0. The van der Waals surface area contributed by atoms with Crippen molar-refractivity contribution in [3.8, 4) is 0 Å². The zero-order valence-corrected chi connectivity index (χ0v) is 7.34. The molecule has 0 aliphatic heterocycles. The van der Waals surface area contributed by atoms with E-state index in [1.165, 1.54) is 0 Å². The maximum absolute atomic E-state index is 11.4. The van der Waals surface area contributed by atoms with E-state index >= 15 is 0 Å². The second kappa shape index (κ2) is 2.47. The van der Waals surface area contributed by atoms with Gasteiger partial charge in [-0.05, 0) is 17.2 Å². The van der Waals surface area contributed by atoms with Crippen molar-refractivity contribution in [2.24, 2.45) is 0 Å². The van der Waals surface area contributed by atoms with E-state index in [0.29, 0.717) is 0 Å². The van der Waals surface area contributed by atoms with Crippen molar-refractivity contribution in [3.63, 3.8) is 0 Å². The van der Waals surface area contributed by atoms with Crippen molar-refractivity contribution in [2.45, 2.75) is 6.10 Å². The molecule has 1 radical (unpaired) electrons. The summed E-state index contributed by atoms with van der Waals surface area (Å²) in [6, 6.07) is 7.66. The molecule has 0 amide bonds. The van der Waals surface area contributed by atoms with Crippen LogP contribution in [0.25, 0.3) is 6.08 Å². The van der Waals surface area contributed by atoms with Gasteiger partial charge in [0.25, 0.3) is 0 Å². The Bertz CT molecular complexity index is 317. The average molecular weight is 210 g/mol. The van der Waals surface area contributed by atoms with E-state index in [1.807, 2.05) is 30.3 Å². The van der Waals surface area contributed by atoms with Gasteiger partial charge in [0.2, 0.25) is 0 Å². The number of halogens is 1. The first-order valence-electron chi connectivity index (χ1n) is 3.41. The van der Waals surface area contributed by atoms with Crippen molar-refractivity contribution < 1.29 is 5.11 Å². The Kier molecular flexibility index (Phi) is 1.59. The van der Waals surface area contributed by atoms with Gasteiger partial charge < -0.3 is 0 Å². The van der Waals surface area contributed by atoms with Crippen LogP contribution >= 0.6 is 15.9 Å². The van der Waals surface area contributed by atoms with Gasteiger partial charge in [-0.15, -0.1) is 0 Å². The van der Waals surface area contributed by atoms with E-state index in [-0.39, 0.29) is 0 Å². The smallest absolute Gasteiger partial charge is 0.150 e. The van der Waals surface area contributed by atoms with Crippen LogP contribution in [-0.4, -0.2) is 0 Å². The molecule has 0 saturated carbocycles. The molecule has 1 aromatic carbocycles. The number of benzene rings is 1. The van der Waals surface area contributed by atoms with E-state index in [9.17, 15) is 5.11 Å². The number of fused-ring (bicyclic) bond motifs is 1. The molecule has 0 fully saturated rings. The molecule has 0 saturated heterocycles. The van der Waals surface area contributed by atoms with Crippen LogP contribution in [0.5, 0.6) is 0 Å². The molecule has 0 aromatic heterocycles. The topological polar surface area (TPSA) is 19.9 Å². The zero-order valence-electron chi connectivity index (χ0n) is 5.75. The Morgan fingerprint density at radius 2 is 2.00 bits per heavy atom. The first-order chi connectivity index (χ1) is 5.29. The highest BCUT2D eigenvalue weighted by Crippen LogP contribution is 2.37. The highest BCUT2D eigenvalue weighted by molar-refractivity contribution is 9.11. The third-order valence-electron chi connectivity index (χ3n) is 1.82. The fourth-order valence-corrected chi connectivity index (χ4v) is 1.75. The van der Waals surface area contributed by atoms with Gasteiger partial charge in [-0.1, -0.05) is 40.2 Å². The molecule has 0 bridgehead atoms. The molecule has 1 atom stereocenters. The number of hydrogen-bond donors (Lipinski definition) is 0. The molecule has 2 rings (SSSR count). The highest BCUT2D eigenvalue weighted by atomic mass is 79.9. The predicted octanol–water partition coefficient (Wildman–Crippen LogP) is 2.91. The quantitative estimate of drug-likeness (QED) is 0.627. The Hall–Kier alpha value is -0.600. The predicted molar refractivity (Wildman–Crippen MR) is 46.8 cm³/mol. The number of rotatable bonds is 0. The fourth-order valence-electron chi connectivity index (χ4n) is 1.25.